The highest BCUT2D eigenvalue weighted by atomic mass is 35.5. The van der Waals surface area contributed by atoms with Crippen LogP contribution in [0, 0.1) is 11.8 Å². The number of aryl methyl sites for hydroxylation is 1. The molecule has 0 saturated heterocycles. The summed E-state index contributed by atoms with van der Waals surface area (Å²) >= 11 is 6.00. The maximum Gasteiger partial charge on any atom is 0.313 e. The van der Waals surface area contributed by atoms with E-state index in [0.717, 1.165) is 4.90 Å². The van der Waals surface area contributed by atoms with Crippen LogP contribution in [0.15, 0.2) is 47.3 Å². The normalized spacial score (nSPS) is 11.1. The number of carbonyl (C=O) groups is 3. The molecule has 0 spiro atoms. The van der Waals surface area contributed by atoms with Crippen LogP contribution in [0.5, 0.6) is 11.5 Å². The molecule has 1 heterocycles. The minimum atomic E-state index is -0.925. The molecule has 2 amide bonds. The van der Waals surface area contributed by atoms with E-state index in [1.807, 2.05) is 0 Å². The zero-order valence-corrected chi connectivity index (χ0v) is 21.2. The van der Waals surface area contributed by atoms with E-state index in [0.29, 0.717) is 16.3 Å². The Balaban J connectivity index is 2.41. The Morgan fingerprint density at radius 3 is 2.14 bits per heavy atom. The highest BCUT2D eigenvalue weighted by Gasteiger charge is 2.34. The first-order valence-electron chi connectivity index (χ1n) is 11.0. The lowest BCUT2D eigenvalue weighted by atomic mass is 10.1. The molecule has 9 heteroatoms. The Kier molecular flexibility index (Phi) is 7.65. The van der Waals surface area contributed by atoms with Gasteiger partial charge in [-0.2, -0.15) is 0 Å². The number of hydrogen-bond acceptors (Lipinski definition) is 6. The first-order valence-corrected chi connectivity index (χ1v) is 11.4. The Bertz CT molecular complexity index is 1360. The monoisotopic (exact) mass is 498 g/mol. The number of pyridine rings is 1. The summed E-state index contributed by atoms with van der Waals surface area (Å²) in [6.07, 6.45) is 0. The summed E-state index contributed by atoms with van der Waals surface area (Å²) in [5.41, 5.74) is -0.563. The lowest BCUT2D eigenvalue weighted by Crippen LogP contribution is -2.43. The van der Waals surface area contributed by atoms with Crippen LogP contribution in [0.1, 0.15) is 38.1 Å². The Morgan fingerprint density at radius 1 is 0.971 bits per heavy atom. The van der Waals surface area contributed by atoms with Crippen LogP contribution in [0.25, 0.3) is 10.9 Å². The zero-order valence-electron chi connectivity index (χ0n) is 20.4. The van der Waals surface area contributed by atoms with Crippen molar-refractivity contribution in [2.75, 3.05) is 12.0 Å². The van der Waals surface area contributed by atoms with Crippen molar-refractivity contribution in [3.05, 3.63) is 63.4 Å². The van der Waals surface area contributed by atoms with Gasteiger partial charge in [-0.05, 0) is 36.4 Å². The standard InChI is InChI=1S/C26H27ClN2O6/c1-14(2)23(30)29(17-12-10-16(27)11-13-17)25(32)21-22(35-26(33)15(3)4)20-18(28(5)24(21)31)8-7-9-19(20)34-6/h7-15H,1-6H3. The van der Waals surface area contributed by atoms with Gasteiger partial charge in [0.2, 0.25) is 5.91 Å². The minimum absolute atomic E-state index is 0.224. The molecule has 35 heavy (non-hydrogen) atoms. The largest absolute Gasteiger partial charge is 0.496 e. The second-order valence-corrected chi connectivity index (χ2v) is 9.04. The maximum absolute atomic E-state index is 14.0. The number of imide groups is 1. The van der Waals surface area contributed by atoms with Gasteiger partial charge >= 0.3 is 5.97 Å². The molecule has 0 aliphatic rings. The van der Waals surface area contributed by atoms with Gasteiger partial charge in [-0.1, -0.05) is 45.4 Å². The van der Waals surface area contributed by atoms with Crippen LogP contribution in [0.3, 0.4) is 0 Å². The third-order valence-corrected chi connectivity index (χ3v) is 5.70. The number of fused-ring (bicyclic) bond motifs is 1. The lowest BCUT2D eigenvalue weighted by Gasteiger charge is -2.25. The van der Waals surface area contributed by atoms with Gasteiger partial charge < -0.3 is 14.0 Å². The third kappa shape index (κ3) is 4.93. The van der Waals surface area contributed by atoms with Crippen molar-refractivity contribution in [2.24, 2.45) is 18.9 Å². The van der Waals surface area contributed by atoms with E-state index < -0.39 is 40.7 Å². The van der Waals surface area contributed by atoms with Crippen molar-refractivity contribution >= 4 is 46.0 Å². The van der Waals surface area contributed by atoms with Crippen molar-refractivity contribution < 1.29 is 23.9 Å². The van der Waals surface area contributed by atoms with Gasteiger partial charge in [-0.3, -0.25) is 19.2 Å². The Morgan fingerprint density at radius 2 is 1.60 bits per heavy atom. The molecule has 0 bridgehead atoms. The van der Waals surface area contributed by atoms with Gasteiger partial charge in [0.05, 0.1) is 29.6 Å². The van der Waals surface area contributed by atoms with Crippen LogP contribution in [0.4, 0.5) is 5.69 Å². The molecule has 3 aromatic rings. The molecule has 0 saturated carbocycles. The number of esters is 1. The molecule has 8 nitrogen and oxygen atoms in total. The minimum Gasteiger partial charge on any atom is -0.496 e. The molecule has 2 aromatic carbocycles. The van der Waals surface area contributed by atoms with Gasteiger partial charge in [-0.15, -0.1) is 0 Å². The van der Waals surface area contributed by atoms with Crippen molar-refractivity contribution in [1.29, 1.82) is 0 Å². The van der Waals surface area contributed by atoms with Gasteiger partial charge in [-0.25, -0.2) is 4.90 Å². The first-order chi connectivity index (χ1) is 16.5. The highest BCUT2D eigenvalue weighted by Crippen LogP contribution is 2.37. The number of anilines is 1. The molecule has 3 rings (SSSR count). The van der Waals surface area contributed by atoms with Gasteiger partial charge in [0, 0.05) is 18.0 Å². The number of aromatic nitrogens is 1. The number of amides is 2. The fourth-order valence-electron chi connectivity index (χ4n) is 3.51. The van der Waals surface area contributed by atoms with E-state index in [1.54, 1.807) is 45.9 Å². The van der Waals surface area contributed by atoms with Crippen molar-refractivity contribution in [2.45, 2.75) is 27.7 Å². The lowest BCUT2D eigenvalue weighted by molar-refractivity contribution is -0.137. The molecular formula is C26H27ClN2O6. The van der Waals surface area contributed by atoms with Crippen LogP contribution in [-0.4, -0.2) is 29.5 Å². The number of ether oxygens (including phenoxy) is 2. The smallest absolute Gasteiger partial charge is 0.313 e. The van der Waals surface area contributed by atoms with E-state index in [1.165, 1.54) is 43.0 Å². The predicted molar refractivity (Wildman–Crippen MR) is 134 cm³/mol. The molecule has 0 aliphatic carbocycles. The number of benzene rings is 2. The van der Waals surface area contributed by atoms with Crippen LogP contribution < -0.4 is 19.9 Å². The van der Waals surface area contributed by atoms with Crippen LogP contribution in [0.2, 0.25) is 5.02 Å². The first kappa shape index (κ1) is 26.0. The Labute approximate surface area is 208 Å². The molecule has 0 atom stereocenters. The number of halogens is 1. The van der Waals surface area contributed by atoms with Gasteiger partial charge in [0.25, 0.3) is 11.5 Å². The topological polar surface area (TPSA) is 94.9 Å². The summed E-state index contributed by atoms with van der Waals surface area (Å²) in [4.78, 5) is 54.3. The van der Waals surface area contributed by atoms with E-state index >= 15 is 0 Å². The van der Waals surface area contributed by atoms with Crippen molar-refractivity contribution in [3.8, 4) is 11.5 Å². The molecule has 184 valence electrons. The molecule has 0 fully saturated rings. The van der Waals surface area contributed by atoms with Crippen molar-refractivity contribution in [1.82, 2.24) is 4.57 Å². The van der Waals surface area contributed by atoms with E-state index in [2.05, 4.69) is 0 Å². The predicted octanol–water partition coefficient (Wildman–Crippen LogP) is 4.59. The summed E-state index contributed by atoms with van der Waals surface area (Å²) in [5.74, 6) is -3.18. The SMILES string of the molecule is COc1cccc2c1c(OC(=O)C(C)C)c(C(=O)N(C(=O)C(C)C)c1ccc(Cl)cc1)c(=O)n2C. The number of rotatable bonds is 6. The van der Waals surface area contributed by atoms with Crippen LogP contribution >= 0.6 is 11.6 Å². The molecule has 1 aromatic heterocycles. The average Bonchev–Trinajstić information content (AvgIpc) is 2.82. The van der Waals surface area contributed by atoms with Gasteiger partial charge in [0.15, 0.2) is 5.75 Å². The summed E-state index contributed by atoms with van der Waals surface area (Å²) < 4.78 is 12.4. The zero-order chi connectivity index (χ0) is 26.0. The number of hydrogen-bond donors (Lipinski definition) is 0. The number of carbonyl (C=O) groups excluding carboxylic acids is 3. The molecule has 0 aliphatic heterocycles. The van der Waals surface area contributed by atoms with Crippen LogP contribution in [-0.2, 0) is 16.6 Å². The van der Waals surface area contributed by atoms with Crippen molar-refractivity contribution in [3.63, 3.8) is 0 Å². The quantitative estimate of drug-likeness (QED) is 0.461. The van der Waals surface area contributed by atoms with E-state index in [9.17, 15) is 19.2 Å². The van der Waals surface area contributed by atoms with Gasteiger partial charge in [0.1, 0.15) is 11.3 Å². The number of methoxy groups -OCH3 is 1. The summed E-state index contributed by atoms with van der Waals surface area (Å²) in [5, 5.41) is 0.679. The molecule has 0 unspecified atom stereocenters. The summed E-state index contributed by atoms with van der Waals surface area (Å²) in [6, 6.07) is 11.0. The average molecular weight is 499 g/mol. The summed E-state index contributed by atoms with van der Waals surface area (Å²) in [7, 11) is 2.92. The second-order valence-electron chi connectivity index (χ2n) is 8.61. The summed E-state index contributed by atoms with van der Waals surface area (Å²) in [6.45, 7) is 6.54. The van der Waals surface area contributed by atoms with E-state index in [4.69, 9.17) is 21.1 Å². The molecular weight excluding hydrogens is 472 g/mol. The molecule has 0 N–H and O–H groups in total. The highest BCUT2D eigenvalue weighted by molar-refractivity contribution is 6.31. The Hall–Kier alpha value is -3.65. The number of nitrogens with zero attached hydrogens (tertiary/aromatic N) is 2. The fraction of sp³-hybridized carbons (Fsp3) is 0.308. The maximum atomic E-state index is 14.0. The van der Waals surface area contributed by atoms with E-state index in [-0.39, 0.29) is 16.8 Å². The third-order valence-electron chi connectivity index (χ3n) is 5.45. The molecule has 0 radical (unpaired) electrons. The second kappa shape index (κ2) is 10.3. The fourth-order valence-corrected chi connectivity index (χ4v) is 3.64.